The molecule has 2 atom stereocenters. The molecule has 1 aliphatic heterocycles. The van der Waals surface area contributed by atoms with Crippen molar-refractivity contribution in [3.63, 3.8) is 0 Å². The molecule has 0 saturated carbocycles. The molecule has 0 bridgehead atoms. The summed E-state index contributed by atoms with van der Waals surface area (Å²) in [5.74, 6) is 0. The van der Waals surface area contributed by atoms with Gasteiger partial charge in [-0.15, -0.1) is 0 Å². The number of nitrogens with two attached hydrogens (primary N) is 1. The van der Waals surface area contributed by atoms with Crippen molar-refractivity contribution in [2.24, 2.45) is 5.73 Å². The zero-order valence-electron chi connectivity index (χ0n) is 10.7. The second-order valence-corrected chi connectivity index (χ2v) is 4.86. The number of hydrogen-bond donors (Lipinski definition) is 1. The van der Waals surface area contributed by atoms with E-state index in [0.717, 1.165) is 13.2 Å². The third-order valence-electron chi connectivity index (χ3n) is 3.34. The molecular weight excluding hydrogens is 212 g/mol. The van der Waals surface area contributed by atoms with Crippen LogP contribution >= 0.6 is 0 Å². The van der Waals surface area contributed by atoms with Gasteiger partial charge in [0.1, 0.15) is 0 Å². The van der Waals surface area contributed by atoms with E-state index in [-0.39, 0.29) is 6.04 Å². The minimum atomic E-state index is 0.0677. The van der Waals surface area contributed by atoms with Gasteiger partial charge in [-0.1, -0.05) is 18.2 Å². The number of benzene rings is 1. The first-order valence-corrected chi connectivity index (χ1v) is 6.35. The molecule has 0 radical (unpaired) electrons. The molecule has 1 aliphatic rings. The van der Waals surface area contributed by atoms with Gasteiger partial charge < -0.3 is 15.4 Å². The summed E-state index contributed by atoms with van der Waals surface area (Å²) in [4.78, 5) is 2.26. The normalized spacial score (nSPS) is 21.5. The zero-order chi connectivity index (χ0) is 12.3. The summed E-state index contributed by atoms with van der Waals surface area (Å²) in [5, 5.41) is 0. The van der Waals surface area contributed by atoms with Gasteiger partial charge in [0.2, 0.25) is 0 Å². The first-order chi connectivity index (χ1) is 8.18. The van der Waals surface area contributed by atoms with Crippen LogP contribution in [-0.4, -0.2) is 26.3 Å². The number of likely N-dealkylation sites (N-methyl/N-ethyl adjacent to an activating group) is 1. The number of hydrogen-bond acceptors (Lipinski definition) is 3. The standard InChI is InChI=1S/C14H22N2O/c1-11(15)13-7-3-4-8-14(13)16(2)10-12-6-5-9-17-12/h3-4,7-8,11-12H,5-6,9-10,15H2,1-2H3. The van der Waals surface area contributed by atoms with Crippen molar-refractivity contribution in [1.29, 1.82) is 0 Å². The van der Waals surface area contributed by atoms with Crippen molar-refractivity contribution in [2.45, 2.75) is 31.9 Å². The molecule has 1 saturated heterocycles. The molecule has 2 unspecified atom stereocenters. The summed E-state index contributed by atoms with van der Waals surface area (Å²) in [6.07, 6.45) is 2.74. The highest BCUT2D eigenvalue weighted by molar-refractivity contribution is 5.54. The fourth-order valence-corrected chi connectivity index (χ4v) is 2.41. The van der Waals surface area contributed by atoms with Crippen LogP contribution in [-0.2, 0) is 4.74 Å². The van der Waals surface area contributed by atoms with Gasteiger partial charge in [0.25, 0.3) is 0 Å². The maximum atomic E-state index is 6.00. The van der Waals surface area contributed by atoms with Crippen LogP contribution in [0.3, 0.4) is 0 Å². The molecular formula is C14H22N2O. The summed E-state index contributed by atoms with van der Waals surface area (Å²) in [7, 11) is 2.11. The minimum Gasteiger partial charge on any atom is -0.376 e. The smallest absolute Gasteiger partial charge is 0.0750 e. The first kappa shape index (κ1) is 12.4. The molecule has 17 heavy (non-hydrogen) atoms. The summed E-state index contributed by atoms with van der Waals surface area (Å²) in [6, 6.07) is 8.41. The number of nitrogens with zero attached hydrogens (tertiary/aromatic N) is 1. The molecule has 2 rings (SSSR count). The van der Waals surface area contributed by atoms with Gasteiger partial charge in [0.05, 0.1) is 6.10 Å². The van der Waals surface area contributed by atoms with E-state index in [4.69, 9.17) is 10.5 Å². The van der Waals surface area contributed by atoms with Gasteiger partial charge in [-0.2, -0.15) is 0 Å². The Bertz CT molecular complexity index is 359. The molecule has 1 aromatic rings. The van der Waals surface area contributed by atoms with E-state index in [1.807, 2.05) is 13.0 Å². The molecule has 1 heterocycles. The monoisotopic (exact) mass is 234 g/mol. The Morgan fingerprint density at radius 3 is 2.88 bits per heavy atom. The number of para-hydroxylation sites is 1. The summed E-state index contributed by atoms with van der Waals surface area (Å²) >= 11 is 0. The fourth-order valence-electron chi connectivity index (χ4n) is 2.41. The van der Waals surface area contributed by atoms with Crippen LogP contribution in [0.25, 0.3) is 0 Å². The highest BCUT2D eigenvalue weighted by atomic mass is 16.5. The fraction of sp³-hybridized carbons (Fsp3) is 0.571. The highest BCUT2D eigenvalue weighted by Crippen LogP contribution is 2.25. The van der Waals surface area contributed by atoms with Crippen molar-refractivity contribution >= 4 is 5.69 Å². The van der Waals surface area contributed by atoms with E-state index in [1.165, 1.54) is 24.1 Å². The molecule has 2 N–H and O–H groups in total. The number of anilines is 1. The van der Waals surface area contributed by atoms with E-state index in [1.54, 1.807) is 0 Å². The van der Waals surface area contributed by atoms with Crippen LogP contribution in [0.1, 0.15) is 31.4 Å². The average Bonchev–Trinajstić information content (AvgIpc) is 2.81. The average molecular weight is 234 g/mol. The molecule has 94 valence electrons. The molecule has 0 amide bonds. The maximum absolute atomic E-state index is 6.00. The maximum Gasteiger partial charge on any atom is 0.0750 e. The Hall–Kier alpha value is -1.06. The lowest BCUT2D eigenvalue weighted by atomic mass is 10.1. The molecule has 0 aliphatic carbocycles. The Morgan fingerprint density at radius 1 is 1.47 bits per heavy atom. The van der Waals surface area contributed by atoms with Gasteiger partial charge in [0, 0.05) is 31.9 Å². The largest absolute Gasteiger partial charge is 0.376 e. The van der Waals surface area contributed by atoms with Crippen LogP contribution in [0.15, 0.2) is 24.3 Å². The van der Waals surface area contributed by atoms with Crippen LogP contribution in [0.5, 0.6) is 0 Å². The zero-order valence-corrected chi connectivity index (χ0v) is 10.7. The van der Waals surface area contributed by atoms with Gasteiger partial charge in [-0.25, -0.2) is 0 Å². The van der Waals surface area contributed by atoms with Gasteiger partial charge in [0.15, 0.2) is 0 Å². The molecule has 1 aromatic carbocycles. The number of rotatable bonds is 4. The second-order valence-electron chi connectivity index (χ2n) is 4.86. The van der Waals surface area contributed by atoms with Crippen molar-refractivity contribution in [3.05, 3.63) is 29.8 Å². The molecule has 0 aromatic heterocycles. The third kappa shape index (κ3) is 2.99. The SMILES string of the molecule is CC(N)c1ccccc1N(C)CC1CCCO1. The first-order valence-electron chi connectivity index (χ1n) is 6.35. The van der Waals surface area contributed by atoms with Crippen molar-refractivity contribution in [3.8, 4) is 0 Å². The predicted molar refractivity (Wildman–Crippen MR) is 71.3 cm³/mol. The topological polar surface area (TPSA) is 38.5 Å². The van der Waals surface area contributed by atoms with E-state index in [2.05, 4.69) is 30.1 Å². The lowest BCUT2D eigenvalue weighted by molar-refractivity contribution is 0.116. The summed E-state index contributed by atoms with van der Waals surface area (Å²) in [6.45, 7) is 3.88. The third-order valence-corrected chi connectivity index (χ3v) is 3.34. The van der Waals surface area contributed by atoms with Crippen molar-refractivity contribution in [2.75, 3.05) is 25.1 Å². The lowest BCUT2D eigenvalue weighted by Crippen LogP contribution is -2.29. The molecule has 3 nitrogen and oxygen atoms in total. The van der Waals surface area contributed by atoms with Crippen LogP contribution in [0.2, 0.25) is 0 Å². The lowest BCUT2D eigenvalue weighted by Gasteiger charge is -2.26. The van der Waals surface area contributed by atoms with E-state index in [9.17, 15) is 0 Å². The van der Waals surface area contributed by atoms with E-state index in [0.29, 0.717) is 6.10 Å². The predicted octanol–water partition coefficient (Wildman–Crippen LogP) is 2.32. The van der Waals surface area contributed by atoms with Gasteiger partial charge >= 0.3 is 0 Å². The Morgan fingerprint density at radius 2 is 2.24 bits per heavy atom. The van der Waals surface area contributed by atoms with Crippen LogP contribution in [0, 0.1) is 0 Å². The van der Waals surface area contributed by atoms with Crippen molar-refractivity contribution < 1.29 is 4.74 Å². The van der Waals surface area contributed by atoms with E-state index < -0.39 is 0 Å². The molecule has 0 spiro atoms. The summed E-state index contributed by atoms with van der Waals surface area (Å²) < 4.78 is 5.67. The molecule has 3 heteroatoms. The molecule has 1 fully saturated rings. The second kappa shape index (κ2) is 5.52. The Kier molecular flexibility index (Phi) is 4.02. The van der Waals surface area contributed by atoms with Crippen LogP contribution < -0.4 is 10.6 Å². The quantitative estimate of drug-likeness (QED) is 0.869. The van der Waals surface area contributed by atoms with Gasteiger partial charge in [-0.3, -0.25) is 0 Å². The highest BCUT2D eigenvalue weighted by Gasteiger charge is 2.19. The number of ether oxygens (including phenoxy) is 1. The van der Waals surface area contributed by atoms with Crippen molar-refractivity contribution in [1.82, 2.24) is 0 Å². The van der Waals surface area contributed by atoms with Crippen LogP contribution in [0.4, 0.5) is 5.69 Å². The summed E-state index contributed by atoms with van der Waals surface area (Å²) in [5.41, 5.74) is 8.42. The minimum absolute atomic E-state index is 0.0677. The van der Waals surface area contributed by atoms with E-state index >= 15 is 0 Å². The Balaban J connectivity index is 2.09. The Labute approximate surface area is 104 Å². The van der Waals surface area contributed by atoms with Gasteiger partial charge in [-0.05, 0) is 31.4 Å².